The predicted octanol–water partition coefficient (Wildman–Crippen LogP) is 5.26. The number of fused-ring (bicyclic) bond motifs is 7. The fourth-order valence-corrected chi connectivity index (χ4v) is 9.37. The van der Waals surface area contributed by atoms with Crippen molar-refractivity contribution in [2.24, 2.45) is 28.6 Å². The lowest BCUT2D eigenvalue weighted by Gasteiger charge is -2.63. The molecular formula is C28H30ClF2NO4S. The molecule has 1 aliphatic heterocycles. The van der Waals surface area contributed by atoms with Gasteiger partial charge in [-0.2, -0.15) is 0 Å². The van der Waals surface area contributed by atoms with Crippen molar-refractivity contribution < 1.29 is 28.3 Å². The number of aliphatic hydroxyl groups is 1. The number of aliphatic hydroxyl groups excluding tert-OH is 1. The third-order valence-corrected chi connectivity index (χ3v) is 11.2. The largest absolute Gasteiger partial charge is 0.390 e. The summed E-state index contributed by atoms with van der Waals surface area (Å²) in [6, 6.07) is 7.15. The molecule has 0 radical (unpaired) electrons. The van der Waals surface area contributed by atoms with Crippen LogP contribution in [0.4, 0.5) is 14.5 Å². The summed E-state index contributed by atoms with van der Waals surface area (Å²) in [5.41, 5.74) is -5.00. The summed E-state index contributed by atoms with van der Waals surface area (Å²) in [5.74, 6) is -1.88. The van der Waals surface area contributed by atoms with Crippen LogP contribution < -0.4 is 5.06 Å². The summed E-state index contributed by atoms with van der Waals surface area (Å²) in [6.07, 6.45) is 2.94. The first-order valence-electron chi connectivity index (χ1n) is 12.7. The molecule has 0 unspecified atom stereocenters. The number of allylic oxidation sites excluding steroid dienone is 4. The molecule has 0 amide bonds. The quantitative estimate of drug-likeness (QED) is 0.542. The summed E-state index contributed by atoms with van der Waals surface area (Å²) in [4.78, 5) is 32.4. The van der Waals surface area contributed by atoms with Gasteiger partial charge in [-0.15, -0.1) is 0 Å². The van der Waals surface area contributed by atoms with Crippen LogP contribution in [0.1, 0.15) is 33.1 Å². The van der Waals surface area contributed by atoms with E-state index in [4.69, 9.17) is 16.4 Å². The Morgan fingerprint density at radius 1 is 1.22 bits per heavy atom. The lowest BCUT2D eigenvalue weighted by molar-refractivity contribution is -0.225. The lowest BCUT2D eigenvalue weighted by atomic mass is 9.44. The highest BCUT2D eigenvalue weighted by Gasteiger charge is 2.79. The van der Waals surface area contributed by atoms with Crippen LogP contribution in [0.2, 0.25) is 5.02 Å². The van der Waals surface area contributed by atoms with E-state index in [-0.39, 0.29) is 35.2 Å². The lowest BCUT2D eigenvalue weighted by Crippen LogP contribution is -2.70. The Bertz CT molecular complexity index is 1240. The summed E-state index contributed by atoms with van der Waals surface area (Å²) in [7, 11) is 0. The number of rotatable bonds is 2. The van der Waals surface area contributed by atoms with Crippen molar-refractivity contribution in [2.45, 2.75) is 56.7 Å². The summed E-state index contributed by atoms with van der Waals surface area (Å²) >= 11 is 7.14. The van der Waals surface area contributed by atoms with E-state index in [1.54, 1.807) is 30.4 Å². The minimum atomic E-state index is -2.18. The topological polar surface area (TPSA) is 66.8 Å². The number of thioether (sulfide) groups is 1. The molecule has 9 heteroatoms. The highest BCUT2D eigenvalue weighted by Crippen LogP contribution is 2.73. The number of ketones is 1. The van der Waals surface area contributed by atoms with Gasteiger partial charge in [-0.3, -0.25) is 19.5 Å². The second-order valence-corrected chi connectivity index (χ2v) is 12.9. The smallest absolute Gasteiger partial charge is 0.224 e. The normalized spacial score (nSPS) is 46.1. The van der Waals surface area contributed by atoms with Crippen LogP contribution in [0.15, 0.2) is 48.1 Å². The van der Waals surface area contributed by atoms with Crippen molar-refractivity contribution in [2.75, 3.05) is 17.9 Å². The molecule has 37 heavy (non-hydrogen) atoms. The Hall–Kier alpha value is -1.74. The van der Waals surface area contributed by atoms with E-state index in [9.17, 15) is 14.7 Å². The number of halogens is 3. The number of hydrogen-bond donors (Lipinski definition) is 1. The minimum Gasteiger partial charge on any atom is -0.390 e. The molecule has 4 aliphatic carbocycles. The van der Waals surface area contributed by atoms with Crippen LogP contribution in [0, 0.1) is 28.6 Å². The van der Waals surface area contributed by atoms with E-state index in [1.165, 1.54) is 18.2 Å². The van der Waals surface area contributed by atoms with Crippen LogP contribution in [-0.4, -0.2) is 52.4 Å². The monoisotopic (exact) mass is 549 g/mol. The van der Waals surface area contributed by atoms with E-state index >= 15 is 8.78 Å². The van der Waals surface area contributed by atoms with Crippen LogP contribution in [-0.2, 0) is 14.4 Å². The second-order valence-electron chi connectivity index (χ2n) is 11.6. The molecule has 1 saturated heterocycles. The molecule has 1 N–H and O–H groups in total. The Morgan fingerprint density at radius 2 is 1.92 bits per heavy atom. The summed E-state index contributed by atoms with van der Waals surface area (Å²) in [5, 5.41) is 13.7. The maximum Gasteiger partial charge on any atom is 0.224 e. The van der Waals surface area contributed by atoms with E-state index in [2.05, 4.69) is 0 Å². The van der Waals surface area contributed by atoms with Crippen LogP contribution >= 0.6 is 23.4 Å². The second kappa shape index (κ2) is 8.13. The van der Waals surface area contributed by atoms with Gasteiger partial charge in [0.25, 0.3) is 0 Å². The standard InChI is InChI=1S/C28H30ClF2NO4S/c1-25-9-8-18(33)11-21(25)22(30)12-20-19-10-15-14-32(17-6-4-16(29)5-7-17)36-28(15,24(35)37-3)26(19,2)13-23(34)27(20,25)31/h4-9,11,15,19-20,22-23,34H,10,12-14H2,1-3H3/t15-,19-,20-,22-,23-,25-,26-,27-,28-/m0/s1. The Labute approximate surface area is 224 Å². The van der Waals surface area contributed by atoms with Crippen LogP contribution in [0.5, 0.6) is 0 Å². The van der Waals surface area contributed by atoms with E-state index in [0.717, 1.165) is 17.4 Å². The zero-order valence-electron chi connectivity index (χ0n) is 20.9. The van der Waals surface area contributed by atoms with Gasteiger partial charge in [0.1, 0.15) is 6.17 Å². The number of anilines is 1. The van der Waals surface area contributed by atoms with Crippen molar-refractivity contribution in [1.82, 2.24) is 0 Å². The molecule has 3 saturated carbocycles. The third kappa shape index (κ3) is 3.04. The van der Waals surface area contributed by atoms with Gasteiger partial charge in [0.05, 0.1) is 18.3 Å². The highest BCUT2D eigenvalue weighted by molar-refractivity contribution is 8.13. The third-order valence-electron chi connectivity index (χ3n) is 10.2. The molecule has 5 nitrogen and oxygen atoms in total. The maximum atomic E-state index is 17.4. The Balaban J connectivity index is 1.44. The molecule has 1 heterocycles. The van der Waals surface area contributed by atoms with E-state index < -0.39 is 46.2 Å². The fourth-order valence-electron chi connectivity index (χ4n) is 8.50. The zero-order chi connectivity index (χ0) is 26.5. The number of carbonyl (C=O) groups excluding carboxylic acids is 2. The van der Waals surface area contributed by atoms with Crippen LogP contribution in [0.3, 0.4) is 0 Å². The first-order valence-corrected chi connectivity index (χ1v) is 14.3. The van der Waals surface area contributed by atoms with E-state index in [1.807, 2.05) is 19.1 Å². The molecule has 1 aromatic carbocycles. The molecular weight excluding hydrogens is 520 g/mol. The number of carbonyl (C=O) groups is 2. The molecule has 0 bridgehead atoms. The van der Waals surface area contributed by atoms with Gasteiger partial charge in [0, 0.05) is 27.7 Å². The van der Waals surface area contributed by atoms with E-state index in [0.29, 0.717) is 18.0 Å². The Morgan fingerprint density at radius 3 is 2.59 bits per heavy atom. The minimum absolute atomic E-state index is 0.0104. The summed E-state index contributed by atoms with van der Waals surface area (Å²) in [6.45, 7) is 3.91. The van der Waals surface area contributed by atoms with Gasteiger partial charge in [-0.05, 0) is 80.4 Å². The number of hydroxylamine groups is 1. The number of hydrogen-bond acceptors (Lipinski definition) is 6. The molecule has 198 valence electrons. The first kappa shape index (κ1) is 25.5. The highest BCUT2D eigenvalue weighted by atomic mass is 35.5. The zero-order valence-corrected chi connectivity index (χ0v) is 22.5. The molecule has 9 atom stereocenters. The Kier molecular flexibility index (Phi) is 5.61. The predicted molar refractivity (Wildman–Crippen MR) is 139 cm³/mol. The van der Waals surface area contributed by atoms with Crippen molar-refractivity contribution in [3.63, 3.8) is 0 Å². The summed E-state index contributed by atoms with van der Waals surface area (Å²) < 4.78 is 33.1. The van der Waals surface area contributed by atoms with Gasteiger partial charge >= 0.3 is 0 Å². The molecule has 0 spiro atoms. The molecule has 0 aromatic heterocycles. The molecule has 1 aromatic rings. The van der Waals surface area contributed by atoms with Crippen molar-refractivity contribution in [1.29, 1.82) is 0 Å². The number of benzene rings is 1. The molecule has 4 fully saturated rings. The molecule has 6 rings (SSSR count). The van der Waals surface area contributed by atoms with Gasteiger partial charge in [-0.1, -0.05) is 36.4 Å². The van der Waals surface area contributed by atoms with Crippen molar-refractivity contribution in [3.05, 3.63) is 53.1 Å². The van der Waals surface area contributed by atoms with Crippen LogP contribution in [0.25, 0.3) is 0 Å². The molecule has 5 aliphatic rings. The van der Waals surface area contributed by atoms with Gasteiger partial charge < -0.3 is 5.11 Å². The van der Waals surface area contributed by atoms with Gasteiger partial charge in [0.15, 0.2) is 17.1 Å². The maximum absolute atomic E-state index is 17.4. The van der Waals surface area contributed by atoms with Gasteiger partial charge in [-0.25, -0.2) is 8.78 Å². The average molecular weight is 550 g/mol. The van der Waals surface area contributed by atoms with Crippen molar-refractivity contribution >= 4 is 39.9 Å². The number of alkyl halides is 2. The first-order chi connectivity index (χ1) is 17.4. The fraction of sp³-hybridized carbons (Fsp3) is 0.571. The SMILES string of the molecule is CSC(=O)[C@@]12ON(c3ccc(Cl)cc3)C[C@@H]1C[C@H]1[C@@H]3C[C@H](F)C4=CC(=O)C=C[C@]4(C)[C@@]3(F)[C@@H](O)C[C@@]12C. The number of nitrogens with zero attached hydrogens (tertiary/aromatic N) is 1. The van der Waals surface area contributed by atoms with Gasteiger partial charge in [0.2, 0.25) is 5.12 Å². The average Bonchev–Trinajstić information content (AvgIpc) is 3.36. The van der Waals surface area contributed by atoms with Crippen molar-refractivity contribution in [3.8, 4) is 0 Å².